The smallest absolute Gasteiger partial charge is 0.134 e. The Balaban J connectivity index is 1.80. The van der Waals surface area contributed by atoms with E-state index in [1.807, 2.05) is 114 Å². The molecule has 0 fully saturated rings. The number of phenolic OH excluding ortho intramolecular Hbond substituents is 2. The fraction of sp³-hybridized carbons (Fsp3) is 0.158. The molecular weight excluding hydrogens is 544 g/mol. The van der Waals surface area contributed by atoms with Gasteiger partial charge in [-0.2, -0.15) is 0 Å². The zero-order valence-electron chi connectivity index (χ0n) is 25.6. The van der Waals surface area contributed by atoms with Crippen molar-refractivity contribution in [3.05, 3.63) is 106 Å². The van der Waals surface area contributed by atoms with E-state index in [1.54, 1.807) is 0 Å². The summed E-state index contributed by atoms with van der Waals surface area (Å²) >= 11 is 0. The second-order valence-corrected chi connectivity index (χ2v) is 11.8. The van der Waals surface area contributed by atoms with Crippen LogP contribution in [0.4, 0.5) is 0 Å². The molecule has 0 spiro atoms. The van der Waals surface area contributed by atoms with Crippen molar-refractivity contribution in [3.63, 3.8) is 0 Å². The molecule has 0 atom stereocenters. The number of phenols is 2. The molecule has 0 aliphatic carbocycles. The summed E-state index contributed by atoms with van der Waals surface area (Å²) in [5, 5.41) is 27.7. The number of fused-ring (bicyclic) bond motifs is 9. The van der Waals surface area contributed by atoms with Gasteiger partial charge < -0.3 is 10.2 Å². The largest absolute Gasteiger partial charge is 0.507 e. The van der Waals surface area contributed by atoms with Gasteiger partial charge in [0.05, 0.1) is 33.1 Å². The SMILES string of the molecule is Cc1cc2c(C)nc3cc(C)c(C)cc3nc(C)c3cc(C)cc(c3O)c3ccc4ccc5ccc(nc5c4n3)c(c1)c2O. The molecule has 0 aliphatic heterocycles. The van der Waals surface area contributed by atoms with Gasteiger partial charge in [-0.25, -0.2) is 9.97 Å². The monoisotopic (exact) mass is 576 g/mol. The predicted octanol–water partition coefficient (Wildman–Crippen LogP) is 9.13. The first-order valence-electron chi connectivity index (χ1n) is 14.7. The Morgan fingerprint density at radius 3 is 1.18 bits per heavy atom. The van der Waals surface area contributed by atoms with Crippen molar-refractivity contribution < 1.29 is 10.2 Å². The molecule has 0 saturated heterocycles. The molecule has 0 saturated carbocycles. The van der Waals surface area contributed by atoms with E-state index < -0.39 is 0 Å². The zero-order chi connectivity index (χ0) is 30.9. The Bertz CT molecular complexity index is 2310. The van der Waals surface area contributed by atoms with Crippen LogP contribution in [0.1, 0.15) is 33.6 Å². The van der Waals surface area contributed by atoms with Crippen LogP contribution in [0.5, 0.6) is 11.5 Å². The first-order chi connectivity index (χ1) is 21.1. The number of hydrogen-bond acceptors (Lipinski definition) is 6. The number of benzene rings is 4. The summed E-state index contributed by atoms with van der Waals surface area (Å²) in [6.07, 6.45) is 0. The van der Waals surface area contributed by atoms with Crippen LogP contribution in [0.3, 0.4) is 0 Å². The van der Waals surface area contributed by atoms with Gasteiger partial charge in [0.25, 0.3) is 0 Å². The van der Waals surface area contributed by atoms with Crippen molar-refractivity contribution in [1.29, 1.82) is 0 Å². The molecule has 2 N–H and O–H groups in total. The lowest BCUT2D eigenvalue weighted by Gasteiger charge is -2.09. The van der Waals surface area contributed by atoms with Gasteiger partial charge in [0.2, 0.25) is 0 Å². The first kappa shape index (κ1) is 27.5. The Labute approximate surface area is 254 Å². The maximum atomic E-state index is 11.7. The molecule has 0 amide bonds. The van der Waals surface area contributed by atoms with Gasteiger partial charge in [-0.05, 0) is 112 Å². The second kappa shape index (κ2) is 10.1. The lowest BCUT2D eigenvalue weighted by atomic mass is 10.0. The molecule has 7 aromatic rings. The summed E-state index contributed by atoms with van der Waals surface area (Å²) in [7, 11) is 0. The molecule has 6 heteroatoms. The van der Waals surface area contributed by atoms with Crippen LogP contribution in [0.15, 0.2) is 72.8 Å². The standard InChI is InChI=1S/C38H32N4O2/c1-19-13-27-23(5)39-33-17-21(3)22(4)18-34(33)40-24(6)28-14-20(2)16-30(38(28)44)32-12-10-26-8-7-25-9-11-31(29(15-19)37(27)43)41-35(25)36(26)42-32/h7-18,43-44H,1-6H3. The normalized spacial score (nSPS) is 11.6. The van der Waals surface area contributed by atoms with E-state index in [1.165, 1.54) is 0 Å². The molecular formula is C38H32N4O2. The third kappa shape index (κ3) is 4.51. The molecule has 4 aromatic carbocycles. The third-order valence-corrected chi connectivity index (χ3v) is 8.53. The number of pyridine rings is 2. The van der Waals surface area contributed by atoms with Crippen LogP contribution >= 0.6 is 0 Å². The molecule has 8 bridgehead atoms. The van der Waals surface area contributed by atoms with E-state index in [9.17, 15) is 10.2 Å². The van der Waals surface area contributed by atoms with Gasteiger partial charge in [0, 0.05) is 43.7 Å². The third-order valence-electron chi connectivity index (χ3n) is 8.53. The fourth-order valence-corrected chi connectivity index (χ4v) is 6.01. The van der Waals surface area contributed by atoms with Gasteiger partial charge in [0.1, 0.15) is 11.5 Å². The lowest BCUT2D eigenvalue weighted by Crippen LogP contribution is -1.91. The Morgan fingerprint density at radius 2 is 0.773 bits per heavy atom. The van der Waals surface area contributed by atoms with Crippen molar-refractivity contribution in [3.8, 4) is 11.5 Å². The molecule has 6 nitrogen and oxygen atoms in total. The van der Waals surface area contributed by atoms with E-state index in [4.69, 9.17) is 19.9 Å². The zero-order valence-corrected chi connectivity index (χ0v) is 25.6. The van der Waals surface area contributed by atoms with E-state index in [0.29, 0.717) is 55.0 Å². The Kier molecular flexibility index (Phi) is 6.32. The minimum absolute atomic E-state index is 0.124. The molecule has 0 radical (unpaired) electrons. The first-order valence-corrected chi connectivity index (χ1v) is 14.7. The maximum absolute atomic E-state index is 11.7. The summed E-state index contributed by atoms with van der Waals surface area (Å²) < 4.78 is 0. The average Bonchev–Trinajstić information content (AvgIpc) is 3.00. The fourth-order valence-electron chi connectivity index (χ4n) is 6.01. The molecule has 7 rings (SSSR count). The molecule has 216 valence electrons. The van der Waals surface area contributed by atoms with Gasteiger partial charge in [-0.1, -0.05) is 24.3 Å². The highest BCUT2D eigenvalue weighted by Gasteiger charge is 2.12. The number of aromatic hydroxyl groups is 2. The topological polar surface area (TPSA) is 92.0 Å². The summed E-state index contributed by atoms with van der Waals surface area (Å²) in [5.41, 5.74) is 9.54. The van der Waals surface area contributed by atoms with Gasteiger partial charge in [-0.15, -0.1) is 0 Å². The van der Waals surface area contributed by atoms with Crippen LogP contribution in [-0.4, -0.2) is 30.1 Å². The van der Waals surface area contributed by atoms with E-state index >= 15 is 0 Å². The number of nitrogens with zero attached hydrogens (tertiary/aromatic N) is 4. The minimum Gasteiger partial charge on any atom is -0.507 e. The molecule has 44 heavy (non-hydrogen) atoms. The van der Waals surface area contributed by atoms with Gasteiger partial charge in [0.15, 0.2) is 0 Å². The molecule has 0 unspecified atom stereocenters. The predicted molar refractivity (Wildman–Crippen MR) is 181 cm³/mol. The van der Waals surface area contributed by atoms with Crippen molar-refractivity contribution in [2.24, 2.45) is 0 Å². The average molecular weight is 577 g/mol. The van der Waals surface area contributed by atoms with Gasteiger partial charge >= 0.3 is 0 Å². The van der Waals surface area contributed by atoms with E-state index in [-0.39, 0.29) is 11.5 Å². The van der Waals surface area contributed by atoms with Crippen LogP contribution in [0, 0.1) is 41.5 Å². The summed E-state index contributed by atoms with van der Waals surface area (Å²) in [6.45, 7) is 11.9. The van der Waals surface area contributed by atoms with Crippen LogP contribution in [0.25, 0.3) is 65.4 Å². The maximum Gasteiger partial charge on any atom is 0.134 e. The Hall–Kier alpha value is -5.36. The van der Waals surface area contributed by atoms with Crippen LogP contribution < -0.4 is 0 Å². The number of aryl methyl sites for hydroxylation is 6. The Morgan fingerprint density at radius 1 is 0.409 bits per heavy atom. The van der Waals surface area contributed by atoms with Gasteiger partial charge in [-0.3, -0.25) is 9.97 Å². The molecule has 0 aliphatic rings. The van der Waals surface area contributed by atoms with Crippen molar-refractivity contribution >= 4 is 65.4 Å². The summed E-state index contributed by atoms with van der Waals surface area (Å²) in [6, 6.07) is 23.8. The number of hydrogen-bond donors (Lipinski definition) is 2. The van der Waals surface area contributed by atoms with Crippen LogP contribution in [-0.2, 0) is 0 Å². The van der Waals surface area contributed by atoms with Crippen molar-refractivity contribution in [2.45, 2.75) is 41.5 Å². The number of rotatable bonds is 0. The summed E-state index contributed by atoms with van der Waals surface area (Å²) in [5.74, 6) is 0.248. The molecule has 3 aromatic heterocycles. The minimum atomic E-state index is 0.124. The quantitative estimate of drug-likeness (QED) is 0.175. The summed E-state index contributed by atoms with van der Waals surface area (Å²) in [4.78, 5) is 20.2. The van der Waals surface area contributed by atoms with Crippen LogP contribution in [0.2, 0.25) is 0 Å². The van der Waals surface area contributed by atoms with Crippen molar-refractivity contribution in [2.75, 3.05) is 0 Å². The second-order valence-electron chi connectivity index (χ2n) is 11.8. The van der Waals surface area contributed by atoms with E-state index in [2.05, 4.69) is 0 Å². The van der Waals surface area contributed by atoms with E-state index in [0.717, 1.165) is 44.1 Å². The highest BCUT2D eigenvalue weighted by atomic mass is 16.3. The van der Waals surface area contributed by atoms with Crippen molar-refractivity contribution in [1.82, 2.24) is 19.9 Å². The highest BCUT2D eigenvalue weighted by Crippen LogP contribution is 2.34. The molecule has 3 heterocycles. The highest BCUT2D eigenvalue weighted by molar-refractivity contribution is 6.07. The number of aromatic nitrogens is 4. The lowest BCUT2D eigenvalue weighted by molar-refractivity contribution is 0.486.